The number of hydrogen-bond donors (Lipinski definition) is 2. The number of anilines is 3. The molecule has 12 heteroatoms. The van der Waals surface area contributed by atoms with E-state index in [0.29, 0.717) is 60.2 Å². The third-order valence-electron chi connectivity index (χ3n) is 7.05. The second-order valence-corrected chi connectivity index (χ2v) is 10.5. The van der Waals surface area contributed by atoms with Crippen molar-refractivity contribution < 1.29 is 23.5 Å². The van der Waals surface area contributed by atoms with E-state index in [9.17, 15) is 14.0 Å². The number of nitrogens with zero attached hydrogens (tertiary/aromatic N) is 4. The molecule has 2 saturated heterocycles. The summed E-state index contributed by atoms with van der Waals surface area (Å²) in [4.78, 5) is 37.5. The zero-order chi connectivity index (χ0) is 26.2. The Bertz CT molecular complexity index is 1400. The lowest BCUT2D eigenvalue weighted by Crippen LogP contribution is -2.45. The van der Waals surface area contributed by atoms with Crippen LogP contribution < -0.4 is 25.2 Å². The minimum absolute atomic E-state index is 0.0485. The van der Waals surface area contributed by atoms with Crippen molar-refractivity contribution in [2.45, 2.75) is 29.9 Å². The van der Waals surface area contributed by atoms with Gasteiger partial charge in [0.2, 0.25) is 11.8 Å². The normalized spacial score (nSPS) is 19.9. The van der Waals surface area contributed by atoms with Gasteiger partial charge in [0.1, 0.15) is 17.3 Å². The number of aromatic nitrogens is 2. The zero-order valence-electron chi connectivity index (χ0n) is 20.8. The number of fused-ring (bicyclic) bond motifs is 2. The summed E-state index contributed by atoms with van der Waals surface area (Å²) in [6, 6.07) is 9.33. The highest BCUT2D eigenvalue weighted by molar-refractivity contribution is 8.00. The van der Waals surface area contributed by atoms with Gasteiger partial charge >= 0.3 is 6.09 Å². The summed E-state index contributed by atoms with van der Waals surface area (Å²) >= 11 is 1.48. The Kier molecular flexibility index (Phi) is 6.66. The van der Waals surface area contributed by atoms with E-state index < -0.39 is 11.9 Å². The number of thioether (sulfide) groups is 1. The van der Waals surface area contributed by atoms with Gasteiger partial charge in [-0.2, -0.15) is 0 Å². The van der Waals surface area contributed by atoms with Crippen molar-refractivity contribution in [3.63, 3.8) is 0 Å². The molecule has 0 radical (unpaired) electrons. The molecule has 1 atom stereocenters. The molecule has 0 spiro atoms. The summed E-state index contributed by atoms with van der Waals surface area (Å²) in [5.74, 6) is 0.363. The Morgan fingerprint density at radius 3 is 2.89 bits per heavy atom. The third-order valence-corrected chi connectivity index (χ3v) is 8.13. The van der Waals surface area contributed by atoms with Gasteiger partial charge in [-0.15, -0.1) is 11.8 Å². The first-order valence-electron chi connectivity index (χ1n) is 12.5. The number of nitrogens with one attached hydrogen (secondary N) is 2. The Balaban J connectivity index is 1.05. The van der Waals surface area contributed by atoms with E-state index >= 15 is 0 Å². The Labute approximate surface area is 222 Å². The fourth-order valence-corrected chi connectivity index (χ4v) is 5.90. The highest BCUT2D eigenvalue weighted by atomic mass is 32.2. The molecule has 3 aromatic rings. The molecule has 0 bridgehead atoms. The molecule has 3 aliphatic heterocycles. The molecule has 0 saturated carbocycles. The number of benzene rings is 1. The number of rotatable bonds is 6. The largest absolute Gasteiger partial charge is 0.481 e. The van der Waals surface area contributed by atoms with E-state index in [-0.39, 0.29) is 18.1 Å². The number of piperidine rings is 1. The number of carbonyl (C=O) groups excluding carboxylic acids is 2. The van der Waals surface area contributed by atoms with E-state index in [0.717, 1.165) is 23.4 Å². The van der Waals surface area contributed by atoms with Crippen molar-refractivity contribution in [3.05, 3.63) is 42.3 Å². The maximum atomic E-state index is 14.8. The topological polar surface area (TPSA) is 109 Å². The van der Waals surface area contributed by atoms with Crippen molar-refractivity contribution in [2.75, 3.05) is 54.2 Å². The fourth-order valence-electron chi connectivity index (χ4n) is 5.11. The van der Waals surface area contributed by atoms with Crippen LogP contribution in [0.25, 0.3) is 11.0 Å². The third kappa shape index (κ3) is 4.81. The SMILES string of the molecule is COc1ccc2ncc(F)c(N3CCC(NCC4CN(c5ccc6c(c5)NC(=O)CS6)C(=O)O4)CC3)c2n1. The van der Waals surface area contributed by atoms with Gasteiger partial charge < -0.3 is 25.0 Å². The number of carbonyl (C=O) groups is 2. The summed E-state index contributed by atoms with van der Waals surface area (Å²) in [7, 11) is 1.53. The zero-order valence-corrected chi connectivity index (χ0v) is 21.6. The second kappa shape index (κ2) is 10.3. The van der Waals surface area contributed by atoms with Crippen molar-refractivity contribution in [3.8, 4) is 5.88 Å². The first-order valence-corrected chi connectivity index (χ1v) is 13.5. The van der Waals surface area contributed by atoms with Gasteiger partial charge in [0, 0.05) is 42.3 Å². The predicted octanol–water partition coefficient (Wildman–Crippen LogP) is 3.41. The molecule has 10 nitrogen and oxygen atoms in total. The van der Waals surface area contributed by atoms with Crippen LogP contribution in [-0.4, -0.2) is 73.2 Å². The summed E-state index contributed by atoms with van der Waals surface area (Å²) in [5, 5.41) is 6.38. The van der Waals surface area contributed by atoms with Gasteiger partial charge in [0.15, 0.2) is 5.82 Å². The maximum absolute atomic E-state index is 14.8. The second-order valence-electron chi connectivity index (χ2n) is 9.48. The standard InChI is InChI=1S/C26H27FN6O4S/c1-36-23-5-3-19-24(31-23)25(18(27)12-29-19)32-8-6-15(7-9-32)28-11-17-13-33(26(35)37-17)16-2-4-21-20(10-16)30-22(34)14-38-21/h2-5,10,12,15,17,28H,6-9,11,13-14H2,1H3,(H,30,34). The molecule has 3 aliphatic rings. The Morgan fingerprint density at radius 1 is 1.24 bits per heavy atom. The molecular weight excluding hydrogens is 511 g/mol. The molecule has 198 valence electrons. The van der Waals surface area contributed by atoms with E-state index in [1.807, 2.05) is 23.1 Å². The molecule has 38 heavy (non-hydrogen) atoms. The van der Waals surface area contributed by atoms with Crippen LogP contribution in [0.2, 0.25) is 0 Å². The first-order chi connectivity index (χ1) is 18.5. The summed E-state index contributed by atoms with van der Waals surface area (Å²) in [5.41, 5.74) is 2.98. The van der Waals surface area contributed by atoms with Crippen LogP contribution in [0.15, 0.2) is 41.4 Å². The number of hydrogen-bond acceptors (Lipinski definition) is 9. The minimum atomic E-state index is -0.400. The molecule has 2 amide bonds. The van der Waals surface area contributed by atoms with Crippen molar-refractivity contribution in [1.82, 2.24) is 15.3 Å². The molecule has 2 fully saturated rings. The number of amides is 2. The molecule has 2 aromatic heterocycles. The van der Waals surface area contributed by atoms with Gasteiger partial charge in [0.05, 0.1) is 36.8 Å². The highest BCUT2D eigenvalue weighted by Gasteiger charge is 2.34. The van der Waals surface area contributed by atoms with Gasteiger partial charge in [-0.1, -0.05) is 0 Å². The fraction of sp³-hybridized carbons (Fsp3) is 0.385. The van der Waals surface area contributed by atoms with Gasteiger partial charge in [-0.25, -0.2) is 14.2 Å². The maximum Gasteiger partial charge on any atom is 0.414 e. The highest BCUT2D eigenvalue weighted by Crippen LogP contribution is 2.36. The molecule has 5 heterocycles. The number of methoxy groups -OCH3 is 1. The van der Waals surface area contributed by atoms with Crippen LogP contribution in [0, 0.1) is 5.82 Å². The Morgan fingerprint density at radius 2 is 2.08 bits per heavy atom. The molecule has 1 unspecified atom stereocenters. The monoisotopic (exact) mass is 538 g/mol. The minimum Gasteiger partial charge on any atom is -0.481 e. The lowest BCUT2D eigenvalue weighted by molar-refractivity contribution is -0.113. The van der Waals surface area contributed by atoms with Crippen molar-refractivity contribution >= 4 is 51.9 Å². The van der Waals surface area contributed by atoms with Crippen LogP contribution in [0.5, 0.6) is 5.88 Å². The lowest BCUT2D eigenvalue weighted by atomic mass is 10.0. The van der Waals surface area contributed by atoms with Crippen molar-refractivity contribution in [1.29, 1.82) is 0 Å². The van der Waals surface area contributed by atoms with Crippen LogP contribution in [0.1, 0.15) is 12.8 Å². The van der Waals surface area contributed by atoms with Crippen LogP contribution in [0.3, 0.4) is 0 Å². The first kappa shape index (κ1) is 24.7. The summed E-state index contributed by atoms with van der Waals surface area (Å²) < 4.78 is 25.7. The van der Waals surface area contributed by atoms with Crippen LogP contribution in [-0.2, 0) is 9.53 Å². The predicted molar refractivity (Wildman–Crippen MR) is 143 cm³/mol. The summed E-state index contributed by atoms with van der Waals surface area (Å²) in [6.45, 7) is 2.26. The number of cyclic esters (lactones) is 1. The average Bonchev–Trinajstić information content (AvgIpc) is 3.31. The molecular formula is C26H27FN6O4S. The van der Waals surface area contributed by atoms with Crippen LogP contribution >= 0.6 is 11.8 Å². The Hall–Kier alpha value is -3.64. The molecule has 1 aromatic carbocycles. The lowest BCUT2D eigenvalue weighted by Gasteiger charge is -2.34. The van der Waals surface area contributed by atoms with Gasteiger partial charge in [-0.05, 0) is 37.1 Å². The van der Waals surface area contributed by atoms with Crippen molar-refractivity contribution in [2.24, 2.45) is 0 Å². The number of pyridine rings is 2. The van der Waals surface area contributed by atoms with Gasteiger partial charge in [0.25, 0.3) is 0 Å². The molecule has 2 N–H and O–H groups in total. The number of ether oxygens (including phenoxy) is 2. The smallest absolute Gasteiger partial charge is 0.414 e. The molecule has 0 aliphatic carbocycles. The van der Waals surface area contributed by atoms with E-state index in [1.54, 1.807) is 17.0 Å². The van der Waals surface area contributed by atoms with E-state index in [4.69, 9.17) is 9.47 Å². The van der Waals surface area contributed by atoms with Gasteiger partial charge in [-0.3, -0.25) is 14.7 Å². The van der Waals surface area contributed by atoms with Crippen LogP contribution in [0.4, 0.5) is 26.2 Å². The number of halogens is 1. The molecule has 6 rings (SSSR count). The van der Waals surface area contributed by atoms with E-state index in [2.05, 4.69) is 20.6 Å². The quantitative estimate of drug-likeness (QED) is 0.488. The summed E-state index contributed by atoms with van der Waals surface area (Å²) in [6.07, 6.45) is 2.16. The average molecular weight is 539 g/mol. The van der Waals surface area contributed by atoms with E-state index in [1.165, 1.54) is 25.1 Å².